The van der Waals surface area contributed by atoms with Crippen molar-refractivity contribution in [2.45, 2.75) is 50.5 Å². The first-order valence-electron chi connectivity index (χ1n) is 15.0. The Balaban J connectivity index is 1.13. The van der Waals surface area contributed by atoms with Crippen LogP contribution >= 0.6 is 31.9 Å². The number of hydrogen-bond donors (Lipinski definition) is 1. The first-order valence-corrected chi connectivity index (χ1v) is 16.6. The highest BCUT2D eigenvalue weighted by atomic mass is 79.9. The molecule has 1 heterocycles. The molecular formula is C35H32Br2N2O5. The number of methoxy groups -OCH3 is 1. The molecule has 4 saturated carbocycles. The van der Waals surface area contributed by atoms with Gasteiger partial charge in [0.2, 0.25) is 0 Å². The summed E-state index contributed by atoms with van der Waals surface area (Å²) in [5.41, 5.74) is 3.31. The van der Waals surface area contributed by atoms with Gasteiger partial charge in [-0.25, -0.2) is 9.69 Å². The van der Waals surface area contributed by atoms with E-state index in [1.807, 2.05) is 36.4 Å². The third-order valence-electron chi connectivity index (χ3n) is 9.77. The van der Waals surface area contributed by atoms with Crippen LogP contribution in [0.25, 0.3) is 6.08 Å². The molecule has 9 heteroatoms. The maximum atomic E-state index is 13.7. The Morgan fingerprint density at radius 2 is 1.52 bits per heavy atom. The van der Waals surface area contributed by atoms with Crippen LogP contribution in [0.15, 0.2) is 75.2 Å². The number of barbiturate groups is 1. The number of amides is 4. The summed E-state index contributed by atoms with van der Waals surface area (Å²) in [5.74, 6) is 1.97. The summed E-state index contributed by atoms with van der Waals surface area (Å²) < 4.78 is 13.2. The van der Waals surface area contributed by atoms with Crippen LogP contribution in [0.3, 0.4) is 0 Å². The first kappa shape index (κ1) is 29.3. The van der Waals surface area contributed by atoms with Crippen molar-refractivity contribution >= 4 is 61.5 Å². The predicted octanol–water partition coefficient (Wildman–Crippen LogP) is 7.93. The number of hydrogen-bond acceptors (Lipinski definition) is 5. The molecule has 0 spiro atoms. The van der Waals surface area contributed by atoms with E-state index in [0.717, 1.165) is 32.7 Å². The summed E-state index contributed by atoms with van der Waals surface area (Å²) in [6.45, 7) is 0.329. The predicted molar refractivity (Wildman–Crippen MR) is 174 cm³/mol. The Labute approximate surface area is 273 Å². The fourth-order valence-electron chi connectivity index (χ4n) is 8.15. The standard InChI is InChI=1S/C35H32Br2N2O5/c1-43-30-14-24(29(37)15-31(30)44-19-20-2-6-26(36)7-3-20)13-28-32(40)38-34(42)39(33(28)41)27-8-4-25(5-9-27)35-16-21-10-22(17-35)12-23(11-21)18-35/h2-9,13-15,21-23H,10-12,16-19H2,1H3,(H,38,40,42)/b28-13+. The lowest BCUT2D eigenvalue weighted by Gasteiger charge is -2.57. The number of nitrogens with one attached hydrogen (secondary N) is 1. The molecular weight excluding hydrogens is 688 g/mol. The van der Waals surface area contributed by atoms with E-state index in [1.165, 1.54) is 57.3 Å². The van der Waals surface area contributed by atoms with Gasteiger partial charge in [0.1, 0.15) is 12.2 Å². The molecule has 1 saturated heterocycles. The van der Waals surface area contributed by atoms with E-state index in [0.29, 0.717) is 33.8 Å². The van der Waals surface area contributed by atoms with E-state index >= 15 is 0 Å². The third-order valence-corrected chi connectivity index (χ3v) is 11.0. The lowest BCUT2D eigenvalue weighted by atomic mass is 9.48. The summed E-state index contributed by atoms with van der Waals surface area (Å²) in [6, 6.07) is 18.3. The van der Waals surface area contributed by atoms with Crippen molar-refractivity contribution in [1.82, 2.24) is 5.32 Å². The molecule has 4 bridgehead atoms. The molecule has 3 aromatic rings. The maximum absolute atomic E-state index is 13.7. The van der Waals surface area contributed by atoms with E-state index in [2.05, 4.69) is 49.3 Å². The summed E-state index contributed by atoms with van der Waals surface area (Å²) in [4.78, 5) is 40.6. The Bertz CT molecular complexity index is 1650. The molecule has 0 unspecified atom stereocenters. The van der Waals surface area contributed by atoms with Gasteiger partial charge in [0, 0.05) is 8.95 Å². The van der Waals surface area contributed by atoms with Crippen molar-refractivity contribution in [3.05, 3.63) is 91.9 Å². The summed E-state index contributed by atoms with van der Waals surface area (Å²) in [7, 11) is 1.53. The molecule has 5 aliphatic rings. The van der Waals surface area contributed by atoms with E-state index in [-0.39, 0.29) is 11.0 Å². The molecule has 8 rings (SSSR count). The number of benzene rings is 3. The molecule has 44 heavy (non-hydrogen) atoms. The van der Waals surface area contributed by atoms with Crippen molar-refractivity contribution in [3.8, 4) is 11.5 Å². The largest absolute Gasteiger partial charge is 0.493 e. The van der Waals surface area contributed by atoms with Crippen molar-refractivity contribution in [3.63, 3.8) is 0 Å². The summed E-state index contributed by atoms with van der Waals surface area (Å²) in [6.07, 6.45) is 9.26. The lowest BCUT2D eigenvalue weighted by Crippen LogP contribution is -2.54. The molecule has 1 N–H and O–H groups in total. The minimum Gasteiger partial charge on any atom is -0.493 e. The minimum atomic E-state index is -0.756. The molecule has 5 fully saturated rings. The van der Waals surface area contributed by atoms with Gasteiger partial charge in [-0.05, 0) is 121 Å². The zero-order valence-corrected chi connectivity index (χ0v) is 27.4. The average molecular weight is 720 g/mol. The van der Waals surface area contributed by atoms with E-state index in [4.69, 9.17) is 9.47 Å². The first-order chi connectivity index (χ1) is 21.2. The number of halogens is 2. The van der Waals surface area contributed by atoms with Gasteiger partial charge in [0.15, 0.2) is 11.5 Å². The second-order valence-electron chi connectivity index (χ2n) is 12.6. The Morgan fingerprint density at radius 1 is 0.886 bits per heavy atom. The molecule has 7 nitrogen and oxygen atoms in total. The Hall–Kier alpha value is -3.43. The van der Waals surface area contributed by atoms with Gasteiger partial charge in [-0.15, -0.1) is 0 Å². The van der Waals surface area contributed by atoms with Crippen LogP contribution in [0.2, 0.25) is 0 Å². The van der Waals surface area contributed by atoms with Gasteiger partial charge < -0.3 is 9.47 Å². The maximum Gasteiger partial charge on any atom is 0.335 e. The SMILES string of the molecule is COc1cc(/C=C2\C(=O)NC(=O)N(c3ccc(C45CC6CC(CC(C6)C4)C5)cc3)C2=O)c(Br)cc1OCc1ccc(Br)cc1. The van der Waals surface area contributed by atoms with Crippen molar-refractivity contribution in [2.75, 3.05) is 12.0 Å². The number of anilines is 1. The molecule has 0 aromatic heterocycles. The number of urea groups is 1. The monoisotopic (exact) mass is 718 g/mol. The van der Waals surface area contributed by atoms with E-state index in [9.17, 15) is 14.4 Å². The number of rotatable bonds is 7. The fourth-order valence-corrected chi connectivity index (χ4v) is 8.85. The quantitative estimate of drug-likeness (QED) is 0.198. The van der Waals surface area contributed by atoms with Crippen LogP contribution in [-0.2, 0) is 21.6 Å². The number of carbonyl (C=O) groups is 3. The van der Waals surface area contributed by atoms with Crippen LogP contribution in [0, 0.1) is 17.8 Å². The number of ether oxygens (including phenoxy) is 2. The molecule has 4 aliphatic carbocycles. The van der Waals surface area contributed by atoms with Gasteiger partial charge in [0.25, 0.3) is 11.8 Å². The average Bonchev–Trinajstić information content (AvgIpc) is 2.99. The van der Waals surface area contributed by atoms with Gasteiger partial charge in [-0.3, -0.25) is 14.9 Å². The van der Waals surface area contributed by atoms with Gasteiger partial charge >= 0.3 is 6.03 Å². The van der Waals surface area contributed by atoms with Crippen LogP contribution in [0.1, 0.15) is 55.2 Å². The van der Waals surface area contributed by atoms with Crippen LogP contribution in [0.4, 0.5) is 10.5 Å². The number of imide groups is 2. The highest BCUT2D eigenvalue weighted by Crippen LogP contribution is 2.60. The molecule has 0 atom stereocenters. The van der Waals surface area contributed by atoms with E-state index in [1.54, 1.807) is 12.1 Å². The van der Waals surface area contributed by atoms with Gasteiger partial charge in [-0.1, -0.05) is 56.1 Å². The summed E-state index contributed by atoms with van der Waals surface area (Å²) >= 11 is 6.98. The summed E-state index contributed by atoms with van der Waals surface area (Å²) in [5, 5.41) is 2.34. The number of carbonyl (C=O) groups excluding carboxylic acids is 3. The molecule has 226 valence electrons. The van der Waals surface area contributed by atoms with Crippen LogP contribution in [-0.4, -0.2) is 25.0 Å². The molecule has 4 amide bonds. The lowest BCUT2D eigenvalue weighted by molar-refractivity contribution is -0.122. The van der Waals surface area contributed by atoms with E-state index < -0.39 is 17.8 Å². The zero-order chi connectivity index (χ0) is 30.6. The molecule has 0 radical (unpaired) electrons. The second-order valence-corrected chi connectivity index (χ2v) is 14.4. The van der Waals surface area contributed by atoms with Gasteiger partial charge in [-0.2, -0.15) is 0 Å². The molecule has 1 aliphatic heterocycles. The van der Waals surface area contributed by atoms with Crippen LogP contribution in [0.5, 0.6) is 11.5 Å². The third kappa shape index (κ3) is 5.38. The minimum absolute atomic E-state index is 0.152. The fraction of sp³-hybridized carbons (Fsp3) is 0.343. The Morgan fingerprint density at radius 3 is 2.14 bits per heavy atom. The van der Waals surface area contributed by atoms with Crippen LogP contribution < -0.4 is 19.7 Å². The van der Waals surface area contributed by atoms with Crippen molar-refractivity contribution in [1.29, 1.82) is 0 Å². The molecule has 3 aromatic carbocycles. The second kappa shape index (κ2) is 11.5. The van der Waals surface area contributed by atoms with Gasteiger partial charge in [0.05, 0.1) is 12.8 Å². The Kier molecular flexibility index (Phi) is 7.65. The zero-order valence-electron chi connectivity index (χ0n) is 24.3. The topological polar surface area (TPSA) is 84.9 Å². The smallest absolute Gasteiger partial charge is 0.335 e. The number of nitrogens with zero attached hydrogens (tertiary/aromatic N) is 1. The van der Waals surface area contributed by atoms with Crippen molar-refractivity contribution in [2.24, 2.45) is 17.8 Å². The highest BCUT2D eigenvalue weighted by molar-refractivity contribution is 9.10. The highest BCUT2D eigenvalue weighted by Gasteiger charge is 2.51. The van der Waals surface area contributed by atoms with Crippen molar-refractivity contribution < 1.29 is 23.9 Å². The normalized spacial score (nSPS) is 26.7.